The number of ether oxygens (including phenoxy) is 1. The van der Waals surface area contributed by atoms with Crippen molar-refractivity contribution in [3.05, 3.63) is 29.3 Å². The van der Waals surface area contributed by atoms with Crippen LogP contribution >= 0.6 is 11.6 Å². The molecule has 1 aromatic carbocycles. The molecule has 23 heavy (non-hydrogen) atoms. The Hall–Kier alpha value is -2.08. The van der Waals surface area contributed by atoms with Gasteiger partial charge in [-0.25, -0.2) is 8.42 Å². The lowest BCUT2D eigenvalue weighted by molar-refractivity contribution is -0.148. The van der Waals surface area contributed by atoms with Gasteiger partial charge in [0.1, 0.15) is 6.54 Å². The minimum absolute atomic E-state index is 0.0102. The van der Waals surface area contributed by atoms with Gasteiger partial charge in [-0.1, -0.05) is 17.5 Å². The van der Waals surface area contributed by atoms with Gasteiger partial charge >= 0.3 is 5.97 Å². The number of halogens is 1. The van der Waals surface area contributed by atoms with E-state index in [1.54, 1.807) is 0 Å². The quantitative estimate of drug-likeness (QED) is 0.557. The summed E-state index contributed by atoms with van der Waals surface area (Å²) in [5, 5.41) is 2.70. The van der Waals surface area contributed by atoms with Gasteiger partial charge in [-0.2, -0.15) is 4.31 Å². The summed E-state index contributed by atoms with van der Waals surface area (Å²) in [7, 11) is -2.63. The third kappa shape index (κ3) is 5.90. The molecular weight excluding hydrogens is 344 g/mol. The predicted octanol–water partition coefficient (Wildman–Crippen LogP) is 0.253. The van der Waals surface area contributed by atoms with E-state index in [4.69, 9.17) is 18.0 Å². The smallest absolute Gasteiger partial charge is 0.321 e. The van der Waals surface area contributed by atoms with Crippen LogP contribution in [0.5, 0.6) is 0 Å². The molecule has 0 heterocycles. The Morgan fingerprint density at radius 3 is 2.52 bits per heavy atom. The van der Waals surface area contributed by atoms with Crippen LogP contribution in [0.4, 0.5) is 0 Å². The molecule has 0 atom stereocenters. The molecule has 0 radical (unpaired) electrons. The van der Waals surface area contributed by atoms with E-state index in [-0.39, 0.29) is 11.4 Å². The first-order chi connectivity index (χ1) is 10.8. The molecule has 1 N–H and O–H groups in total. The number of carbonyl (C=O) groups excluding carboxylic acids is 2. The number of terminal acetylenes is 1. The fourth-order valence-electron chi connectivity index (χ4n) is 1.45. The normalized spacial score (nSPS) is 10.9. The molecule has 1 aromatic rings. The van der Waals surface area contributed by atoms with Crippen LogP contribution in [-0.4, -0.2) is 51.3 Å². The Morgan fingerprint density at radius 2 is 1.96 bits per heavy atom. The molecule has 124 valence electrons. The van der Waals surface area contributed by atoms with Crippen molar-refractivity contribution in [2.75, 3.05) is 26.7 Å². The maximum absolute atomic E-state index is 12.2. The number of benzene rings is 1. The van der Waals surface area contributed by atoms with Crippen LogP contribution in [0.2, 0.25) is 5.02 Å². The Bertz CT molecular complexity index is 710. The van der Waals surface area contributed by atoms with Crippen molar-refractivity contribution in [2.45, 2.75) is 4.90 Å². The Balaban J connectivity index is 2.59. The maximum Gasteiger partial charge on any atom is 0.321 e. The van der Waals surface area contributed by atoms with Crippen LogP contribution in [0.3, 0.4) is 0 Å². The number of nitrogens with zero attached hydrogens (tertiary/aromatic N) is 1. The lowest BCUT2D eigenvalue weighted by Crippen LogP contribution is -2.35. The number of rotatable bonds is 7. The highest BCUT2D eigenvalue weighted by atomic mass is 35.5. The molecule has 1 amide bonds. The van der Waals surface area contributed by atoms with Crippen LogP contribution in [0.25, 0.3) is 0 Å². The summed E-state index contributed by atoms with van der Waals surface area (Å²) >= 11 is 5.70. The third-order valence-corrected chi connectivity index (χ3v) is 4.70. The van der Waals surface area contributed by atoms with Crippen molar-refractivity contribution in [3.63, 3.8) is 0 Å². The number of nitrogens with one attached hydrogen (secondary N) is 1. The number of amides is 1. The zero-order valence-electron chi connectivity index (χ0n) is 12.3. The molecule has 9 heteroatoms. The minimum atomic E-state index is -3.86. The number of carbonyl (C=O) groups is 2. The van der Waals surface area contributed by atoms with Crippen LogP contribution < -0.4 is 5.32 Å². The van der Waals surface area contributed by atoms with Gasteiger partial charge in [0, 0.05) is 12.1 Å². The first-order valence-corrected chi connectivity index (χ1v) is 8.17. The van der Waals surface area contributed by atoms with Gasteiger partial charge in [0.25, 0.3) is 5.91 Å². The van der Waals surface area contributed by atoms with Gasteiger partial charge in [0.05, 0.1) is 11.4 Å². The van der Waals surface area contributed by atoms with Crippen molar-refractivity contribution in [3.8, 4) is 12.3 Å². The molecule has 0 fully saturated rings. The highest BCUT2D eigenvalue weighted by molar-refractivity contribution is 7.89. The average Bonchev–Trinajstić information content (AvgIpc) is 2.51. The lowest BCUT2D eigenvalue weighted by atomic mass is 10.4. The van der Waals surface area contributed by atoms with Gasteiger partial charge in [-0.05, 0) is 24.3 Å². The molecule has 0 unspecified atom stereocenters. The first-order valence-electron chi connectivity index (χ1n) is 6.35. The molecule has 0 bridgehead atoms. The standard InChI is InChI=1S/C14H15ClN2O5S/c1-3-8-16-13(18)10-22-14(19)9-17(2)23(20,21)12-6-4-11(15)5-7-12/h1,4-7H,8-10H2,2H3,(H,16,18). The summed E-state index contributed by atoms with van der Waals surface area (Å²) in [5.74, 6) is 0.761. The number of hydrogen-bond acceptors (Lipinski definition) is 5. The van der Waals surface area contributed by atoms with Gasteiger partial charge in [0.15, 0.2) is 6.61 Å². The van der Waals surface area contributed by atoms with Gasteiger partial charge < -0.3 is 10.1 Å². The second-order valence-electron chi connectivity index (χ2n) is 4.36. The van der Waals surface area contributed by atoms with Crippen LogP contribution in [0, 0.1) is 12.3 Å². The molecule has 0 saturated heterocycles. The lowest BCUT2D eigenvalue weighted by Gasteiger charge is -2.16. The first kappa shape index (κ1) is 19.0. The average molecular weight is 359 g/mol. The second-order valence-corrected chi connectivity index (χ2v) is 6.84. The highest BCUT2D eigenvalue weighted by Crippen LogP contribution is 2.17. The topological polar surface area (TPSA) is 92.8 Å². The van der Waals surface area contributed by atoms with E-state index in [9.17, 15) is 18.0 Å². The number of sulfonamides is 1. The highest BCUT2D eigenvalue weighted by Gasteiger charge is 2.23. The molecule has 0 aliphatic rings. The van der Waals surface area contributed by atoms with Gasteiger partial charge in [-0.15, -0.1) is 6.42 Å². The largest absolute Gasteiger partial charge is 0.455 e. The molecule has 0 aliphatic carbocycles. The molecule has 0 saturated carbocycles. The number of likely N-dealkylation sites (N-methyl/N-ethyl adjacent to an activating group) is 1. The van der Waals surface area contributed by atoms with Crippen molar-refractivity contribution in [1.82, 2.24) is 9.62 Å². The van der Waals surface area contributed by atoms with Crippen LogP contribution in [0.1, 0.15) is 0 Å². The zero-order valence-corrected chi connectivity index (χ0v) is 13.9. The maximum atomic E-state index is 12.2. The Morgan fingerprint density at radius 1 is 1.35 bits per heavy atom. The summed E-state index contributed by atoms with van der Waals surface area (Å²) < 4.78 is 30.0. The summed E-state index contributed by atoms with van der Waals surface area (Å²) in [4.78, 5) is 22.8. The fourth-order valence-corrected chi connectivity index (χ4v) is 2.69. The van der Waals surface area contributed by atoms with Crippen molar-refractivity contribution < 1.29 is 22.7 Å². The summed E-state index contributed by atoms with van der Waals surface area (Å²) in [5.41, 5.74) is 0. The molecule has 7 nitrogen and oxygen atoms in total. The van der Waals surface area contributed by atoms with E-state index in [1.165, 1.54) is 31.3 Å². The van der Waals surface area contributed by atoms with Crippen molar-refractivity contribution in [1.29, 1.82) is 0 Å². The van der Waals surface area contributed by atoms with Gasteiger partial charge in [0.2, 0.25) is 10.0 Å². The molecular formula is C14H15ClN2O5S. The Kier molecular flexibility index (Phi) is 7.03. The van der Waals surface area contributed by atoms with E-state index in [0.717, 1.165) is 4.31 Å². The predicted molar refractivity (Wildman–Crippen MR) is 84.1 cm³/mol. The molecule has 0 spiro atoms. The minimum Gasteiger partial charge on any atom is -0.455 e. The SMILES string of the molecule is C#CCNC(=O)COC(=O)CN(C)S(=O)(=O)c1ccc(Cl)cc1. The zero-order chi connectivity index (χ0) is 17.5. The van der Waals surface area contributed by atoms with Crippen LogP contribution in [-0.2, 0) is 24.3 Å². The summed E-state index contributed by atoms with van der Waals surface area (Å²) in [6.07, 6.45) is 4.96. The number of esters is 1. The molecule has 1 rings (SSSR count). The van der Waals surface area contributed by atoms with E-state index >= 15 is 0 Å². The third-order valence-electron chi connectivity index (χ3n) is 2.63. The van der Waals surface area contributed by atoms with Crippen LogP contribution in [0.15, 0.2) is 29.2 Å². The molecule has 0 aliphatic heterocycles. The monoisotopic (exact) mass is 358 g/mol. The van der Waals surface area contributed by atoms with Crippen molar-refractivity contribution >= 4 is 33.5 Å². The molecule has 0 aromatic heterocycles. The fraction of sp³-hybridized carbons (Fsp3) is 0.286. The number of hydrogen-bond donors (Lipinski definition) is 1. The van der Waals surface area contributed by atoms with Crippen molar-refractivity contribution in [2.24, 2.45) is 0 Å². The second kappa shape index (κ2) is 8.53. The van der Waals surface area contributed by atoms with E-state index in [1.807, 2.05) is 0 Å². The summed E-state index contributed by atoms with van der Waals surface area (Å²) in [6.45, 7) is -1.05. The van der Waals surface area contributed by atoms with E-state index in [2.05, 4.69) is 16.0 Å². The van der Waals surface area contributed by atoms with E-state index in [0.29, 0.717) is 5.02 Å². The van der Waals surface area contributed by atoms with Gasteiger partial charge in [-0.3, -0.25) is 9.59 Å². The summed E-state index contributed by atoms with van der Waals surface area (Å²) in [6, 6.07) is 5.51. The van der Waals surface area contributed by atoms with E-state index < -0.39 is 35.1 Å². The Labute approximate surface area is 139 Å².